The van der Waals surface area contributed by atoms with E-state index in [1.54, 1.807) is 0 Å². The van der Waals surface area contributed by atoms with Crippen LogP contribution >= 0.6 is 0 Å². The molecule has 90 valence electrons. The fourth-order valence-electron chi connectivity index (χ4n) is 2.07. The predicted octanol–water partition coefficient (Wildman–Crippen LogP) is 2.49. The van der Waals surface area contributed by atoms with Crippen LogP contribution in [0.2, 0.25) is 0 Å². The summed E-state index contributed by atoms with van der Waals surface area (Å²) in [5, 5.41) is 3.37. The zero-order valence-corrected chi connectivity index (χ0v) is 10.9. The Balaban J connectivity index is 2.95. The molecule has 3 N–H and O–H groups in total. The van der Waals surface area contributed by atoms with Crippen LogP contribution in [0.5, 0.6) is 0 Å². The van der Waals surface area contributed by atoms with Crippen LogP contribution in [-0.4, -0.2) is 13.6 Å². The van der Waals surface area contributed by atoms with Crippen molar-refractivity contribution in [1.82, 2.24) is 5.32 Å². The van der Waals surface area contributed by atoms with Gasteiger partial charge in [0.25, 0.3) is 0 Å². The monoisotopic (exact) mass is 220 g/mol. The van der Waals surface area contributed by atoms with Crippen LogP contribution in [0.1, 0.15) is 37.9 Å². The Morgan fingerprint density at radius 1 is 1.25 bits per heavy atom. The maximum atomic E-state index is 5.84. The quantitative estimate of drug-likeness (QED) is 0.800. The Bertz CT molecular complexity index is 314. The second-order valence-electron chi connectivity index (χ2n) is 5.01. The largest absolute Gasteiger partial charge is 0.330 e. The average molecular weight is 220 g/mol. The van der Waals surface area contributed by atoms with Crippen molar-refractivity contribution in [3.63, 3.8) is 0 Å². The molecule has 1 aromatic carbocycles. The molecule has 0 aromatic heterocycles. The van der Waals surface area contributed by atoms with Crippen LogP contribution in [0.4, 0.5) is 0 Å². The normalized spacial score (nSPS) is 13.8. The Kier molecular flexibility index (Phi) is 4.51. The second kappa shape index (κ2) is 5.46. The molecule has 2 heteroatoms. The van der Waals surface area contributed by atoms with Gasteiger partial charge in [0.1, 0.15) is 0 Å². The lowest BCUT2D eigenvalue weighted by atomic mass is 9.80. The van der Waals surface area contributed by atoms with Gasteiger partial charge < -0.3 is 11.1 Å². The molecule has 0 aliphatic carbocycles. The fourth-order valence-corrected chi connectivity index (χ4v) is 2.07. The number of hydrogen-bond donors (Lipinski definition) is 2. The highest BCUT2D eigenvalue weighted by Crippen LogP contribution is 2.32. The Labute approximate surface area is 99.2 Å². The molecule has 16 heavy (non-hydrogen) atoms. The van der Waals surface area contributed by atoms with Gasteiger partial charge in [0, 0.05) is 6.04 Å². The van der Waals surface area contributed by atoms with E-state index in [0.717, 1.165) is 6.42 Å². The molecule has 1 atom stereocenters. The molecule has 0 saturated heterocycles. The van der Waals surface area contributed by atoms with Crippen LogP contribution in [0, 0.1) is 5.41 Å². The highest BCUT2D eigenvalue weighted by atomic mass is 14.9. The van der Waals surface area contributed by atoms with Crippen LogP contribution in [0.3, 0.4) is 0 Å². The van der Waals surface area contributed by atoms with Crippen LogP contribution in [-0.2, 0) is 6.42 Å². The average Bonchev–Trinajstić information content (AvgIpc) is 2.30. The number of rotatable bonds is 5. The van der Waals surface area contributed by atoms with E-state index in [1.807, 2.05) is 7.05 Å². The summed E-state index contributed by atoms with van der Waals surface area (Å²) >= 11 is 0. The van der Waals surface area contributed by atoms with Crippen molar-refractivity contribution in [2.75, 3.05) is 13.6 Å². The van der Waals surface area contributed by atoms with Crippen LogP contribution in [0.25, 0.3) is 0 Å². The minimum Gasteiger partial charge on any atom is -0.330 e. The molecular formula is C14H24N2. The molecule has 0 heterocycles. The Hall–Kier alpha value is -0.860. The van der Waals surface area contributed by atoms with E-state index in [-0.39, 0.29) is 5.41 Å². The third-order valence-electron chi connectivity index (χ3n) is 3.32. The molecule has 0 fully saturated rings. The summed E-state index contributed by atoms with van der Waals surface area (Å²) < 4.78 is 0. The van der Waals surface area contributed by atoms with Crippen LogP contribution in [0.15, 0.2) is 24.3 Å². The second-order valence-corrected chi connectivity index (χ2v) is 5.01. The first-order valence-electron chi connectivity index (χ1n) is 6.01. The van der Waals surface area contributed by atoms with Gasteiger partial charge in [0.05, 0.1) is 0 Å². The first-order valence-corrected chi connectivity index (χ1v) is 6.01. The highest BCUT2D eigenvalue weighted by molar-refractivity contribution is 5.26. The smallest absolute Gasteiger partial charge is 0.0381 e. The molecule has 0 bridgehead atoms. The standard InChI is InChI=1S/C14H24N2/c1-5-11-6-8-12(9-7-11)13(16-4)14(2,3)10-15/h6-9,13,16H,5,10,15H2,1-4H3. The van der Waals surface area contributed by atoms with E-state index in [9.17, 15) is 0 Å². The molecule has 1 aromatic rings. The van der Waals surface area contributed by atoms with E-state index in [1.165, 1.54) is 11.1 Å². The number of nitrogens with two attached hydrogens (primary N) is 1. The zero-order chi connectivity index (χ0) is 12.2. The summed E-state index contributed by atoms with van der Waals surface area (Å²) in [5.74, 6) is 0. The molecule has 0 radical (unpaired) electrons. The first kappa shape index (κ1) is 13.2. The Morgan fingerprint density at radius 3 is 2.19 bits per heavy atom. The summed E-state index contributed by atoms with van der Waals surface area (Å²) in [6, 6.07) is 9.12. The van der Waals surface area contributed by atoms with E-state index >= 15 is 0 Å². The molecule has 0 aliphatic rings. The van der Waals surface area contributed by atoms with Crippen molar-refractivity contribution < 1.29 is 0 Å². The van der Waals surface area contributed by atoms with Crippen LogP contribution < -0.4 is 11.1 Å². The van der Waals surface area contributed by atoms with E-state index < -0.39 is 0 Å². The fraction of sp³-hybridized carbons (Fsp3) is 0.571. The third kappa shape index (κ3) is 2.83. The number of hydrogen-bond acceptors (Lipinski definition) is 2. The number of aryl methyl sites for hydroxylation is 1. The van der Waals surface area contributed by atoms with Crippen molar-refractivity contribution >= 4 is 0 Å². The molecule has 2 nitrogen and oxygen atoms in total. The van der Waals surface area contributed by atoms with Crippen molar-refractivity contribution in [1.29, 1.82) is 0 Å². The highest BCUT2D eigenvalue weighted by Gasteiger charge is 2.27. The molecule has 0 spiro atoms. The third-order valence-corrected chi connectivity index (χ3v) is 3.32. The first-order chi connectivity index (χ1) is 7.55. The van der Waals surface area contributed by atoms with Gasteiger partial charge in [-0.1, -0.05) is 45.0 Å². The zero-order valence-electron chi connectivity index (χ0n) is 10.9. The van der Waals surface area contributed by atoms with Gasteiger partial charge in [-0.25, -0.2) is 0 Å². The molecular weight excluding hydrogens is 196 g/mol. The molecule has 0 saturated carbocycles. The van der Waals surface area contributed by atoms with Gasteiger partial charge in [-0.3, -0.25) is 0 Å². The van der Waals surface area contributed by atoms with Gasteiger partial charge >= 0.3 is 0 Å². The lowest BCUT2D eigenvalue weighted by Gasteiger charge is -2.33. The van der Waals surface area contributed by atoms with Gasteiger partial charge in [-0.05, 0) is 36.6 Å². The van der Waals surface area contributed by atoms with Crippen molar-refractivity contribution in [3.8, 4) is 0 Å². The summed E-state index contributed by atoms with van der Waals surface area (Å²) in [5.41, 5.74) is 8.60. The summed E-state index contributed by atoms with van der Waals surface area (Å²) in [7, 11) is 2.00. The van der Waals surface area contributed by atoms with E-state index in [0.29, 0.717) is 12.6 Å². The lowest BCUT2D eigenvalue weighted by Crippen LogP contribution is -2.37. The molecule has 0 amide bonds. The Morgan fingerprint density at radius 2 is 1.81 bits per heavy atom. The minimum absolute atomic E-state index is 0.0719. The van der Waals surface area contributed by atoms with Gasteiger partial charge in [0.2, 0.25) is 0 Å². The lowest BCUT2D eigenvalue weighted by molar-refractivity contribution is 0.265. The van der Waals surface area contributed by atoms with E-state index in [4.69, 9.17) is 5.73 Å². The maximum absolute atomic E-state index is 5.84. The summed E-state index contributed by atoms with van der Waals surface area (Å²) in [6.07, 6.45) is 1.09. The van der Waals surface area contributed by atoms with Crippen molar-refractivity contribution in [2.24, 2.45) is 11.1 Å². The van der Waals surface area contributed by atoms with E-state index in [2.05, 4.69) is 50.4 Å². The topological polar surface area (TPSA) is 38.0 Å². The van der Waals surface area contributed by atoms with Crippen molar-refractivity contribution in [2.45, 2.75) is 33.2 Å². The minimum atomic E-state index is 0.0719. The van der Waals surface area contributed by atoms with Gasteiger partial charge in [0.15, 0.2) is 0 Å². The number of nitrogens with one attached hydrogen (secondary N) is 1. The predicted molar refractivity (Wildman–Crippen MR) is 70.5 cm³/mol. The van der Waals surface area contributed by atoms with Crippen molar-refractivity contribution in [3.05, 3.63) is 35.4 Å². The SMILES string of the molecule is CCc1ccc(C(NC)C(C)(C)CN)cc1. The summed E-state index contributed by atoms with van der Waals surface area (Å²) in [6.45, 7) is 7.24. The van der Waals surface area contributed by atoms with Gasteiger partial charge in [-0.15, -0.1) is 0 Å². The molecule has 1 unspecified atom stereocenters. The number of benzene rings is 1. The summed E-state index contributed by atoms with van der Waals surface area (Å²) in [4.78, 5) is 0. The maximum Gasteiger partial charge on any atom is 0.0381 e. The molecule has 1 rings (SSSR count). The van der Waals surface area contributed by atoms with Gasteiger partial charge in [-0.2, -0.15) is 0 Å². The molecule has 0 aliphatic heterocycles.